The van der Waals surface area contributed by atoms with Gasteiger partial charge in [-0.15, -0.1) is 11.3 Å². The Morgan fingerprint density at radius 1 is 1.30 bits per heavy atom. The number of fused-ring (bicyclic) bond motifs is 1. The smallest absolute Gasteiger partial charge is 0.262 e. The zero-order valence-corrected chi connectivity index (χ0v) is 16.6. The second-order valence-electron chi connectivity index (χ2n) is 6.87. The topological polar surface area (TPSA) is 55.2 Å². The molecule has 3 heterocycles. The van der Waals surface area contributed by atoms with E-state index in [1.54, 1.807) is 10.9 Å². The Balaban J connectivity index is 1.65. The normalized spacial score (nSPS) is 14.2. The molecule has 3 aromatic rings. The van der Waals surface area contributed by atoms with Crippen LogP contribution in [0.4, 0.5) is 0 Å². The van der Waals surface area contributed by atoms with Gasteiger partial charge in [-0.05, 0) is 43.0 Å². The van der Waals surface area contributed by atoms with Gasteiger partial charge in [0.2, 0.25) is 5.91 Å². The Morgan fingerprint density at radius 3 is 2.81 bits per heavy atom. The van der Waals surface area contributed by atoms with Gasteiger partial charge in [-0.3, -0.25) is 14.2 Å². The molecule has 0 radical (unpaired) electrons. The minimum Gasteiger partial charge on any atom is -0.343 e. The van der Waals surface area contributed by atoms with E-state index in [1.807, 2.05) is 35.4 Å². The monoisotopic (exact) mass is 401 g/mol. The second-order valence-corrected chi connectivity index (χ2v) is 8.14. The van der Waals surface area contributed by atoms with Gasteiger partial charge in [-0.25, -0.2) is 4.98 Å². The summed E-state index contributed by atoms with van der Waals surface area (Å²) >= 11 is 7.58. The molecular formula is C20H20ClN3O2S. The van der Waals surface area contributed by atoms with Crippen molar-refractivity contribution < 1.29 is 4.79 Å². The van der Waals surface area contributed by atoms with Crippen molar-refractivity contribution in [2.75, 3.05) is 13.1 Å². The third kappa shape index (κ3) is 3.51. The fraction of sp³-hybridized carbons (Fsp3) is 0.350. The summed E-state index contributed by atoms with van der Waals surface area (Å²) in [4.78, 5) is 32.4. The standard InChI is InChI=1S/C20H20ClN3O2S/c1-13-10-14(4-5-16(13)21)15-11-27-19-18(15)20(26)24(12-22-19)9-6-17(25)23-7-2-3-8-23/h4-5,10-12H,2-3,6-9H2,1H3. The Kier molecular flexibility index (Phi) is 5.02. The molecule has 0 spiro atoms. The lowest BCUT2D eigenvalue weighted by Gasteiger charge is -2.15. The molecule has 140 valence electrons. The van der Waals surface area contributed by atoms with E-state index in [1.165, 1.54) is 11.3 Å². The van der Waals surface area contributed by atoms with Crippen LogP contribution in [0.1, 0.15) is 24.8 Å². The fourth-order valence-corrected chi connectivity index (χ4v) is 4.52. The molecule has 1 amide bonds. The lowest BCUT2D eigenvalue weighted by atomic mass is 10.0. The lowest BCUT2D eigenvalue weighted by molar-refractivity contribution is -0.130. The van der Waals surface area contributed by atoms with Crippen LogP contribution in [-0.2, 0) is 11.3 Å². The number of carbonyl (C=O) groups is 1. The molecule has 7 heteroatoms. The van der Waals surface area contributed by atoms with Crippen LogP contribution < -0.4 is 5.56 Å². The SMILES string of the molecule is Cc1cc(-c2csc3ncn(CCC(=O)N4CCCC4)c(=O)c23)ccc1Cl. The minimum absolute atomic E-state index is 0.0990. The van der Waals surface area contributed by atoms with Crippen LogP contribution in [0.2, 0.25) is 5.02 Å². The number of hydrogen-bond acceptors (Lipinski definition) is 4. The van der Waals surface area contributed by atoms with Crippen LogP contribution >= 0.6 is 22.9 Å². The number of amides is 1. The Labute approximate surface area is 166 Å². The Bertz CT molecular complexity index is 1070. The van der Waals surface area contributed by atoms with E-state index in [2.05, 4.69) is 4.98 Å². The van der Waals surface area contributed by atoms with Crippen LogP contribution in [0.25, 0.3) is 21.3 Å². The van der Waals surface area contributed by atoms with E-state index in [4.69, 9.17) is 11.6 Å². The molecule has 1 aromatic carbocycles. The first-order valence-corrected chi connectivity index (χ1v) is 10.3. The molecular weight excluding hydrogens is 382 g/mol. The van der Waals surface area contributed by atoms with E-state index in [0.29, 0.717) is 28.2 Å². The molecule has 2 aromatic heterocycles. The highest BCUT2D eigenvalue weighted by molar-refractivity contribution is 7.17. The molecule has 1 saturated heterocycles. The predicted octanol–water partition coefficient (Wildman–Crippen LogP) is 4.10. The van der Waals surface area contributed by atoms with Crippen molar-refractivity contribution in [1.82, 2.24) is 14.5 Å². The molecule has 1 aliphatic heterocycles. The first-order valence-electron chi connectivity index (χ1n) is 9.05. The fourth-order valence-electron chi connectivity index (χ4n) is 3.49. The van der Waals surface area contributed by atoms with E-state index in [-0.39, 0.29) is 11.5 Å². The van der Waals surface area contributed by atoms with Crippen molar-refractivity contribution in [2.24, 2.45) is 0 Å². The molecule has 0 atom stereocenters. The summed E-state index contributed by atoms with van der Waals surface area (Å²) in [6.07, 6.45) is 4.01. The van der Waals surface area contributed by atoms with Crippen molar-refractivity contribution in [3.63, 3.8) is 0 Å². The van der Waals surface area contributed by atoms with Gasteiger partial charge < -0.3 is 4.90 Å². The van der Waals surface area contributed by atoms with E-state index >= 15 is 0 Å². The minimum atomic E-state index is -0.0990. The zero-order chi connectivity index (χ0) is 19.0. The molecule has 0 bridgehead atoms. The maximum absolute atomic E-state index is 13.0. The van der Waals surface area contributed by atoms with Crippen molar-refractivity contribution >= 4 is 39.1 Å². The predicted molar refractivity (Wildman–Crippen MR) is 109 cm³/mol. The van der Waals surface area contributed by atoms with Crippen LogP contribution in [0.5, 0.6) is 0 Å². The summed E-state index contributed by atoms with van der Waals surface area (Å²) in [5.41, 5.74) is 2.69. The van der Waals surface area contributed by atoms with Gasteiger partial charge in [0.05, 0.1) is 11.7 Å². The van der Waals surface area contributed by atoms with Crippen LogP contribution in [0, 0.1) is 6.92 Å². The van der Waals surface area contributed by atoms with E-state index < -0.39 is 0 Å². The highest BCUT2D eigenvalue weighted by atomic mass is 35.5. The van der Waals surface area contributed by atoms with Crippen molar-refractivity contribution in [3.8, 4) is 11.1 Å². The Hall–Kier alpha value is -2.18. The third-order valence-corrected chi connectivity index (χ3v) is 6.37. The maximum Gasteiger partial charge on any atom is 0.262 e. The molecule has 0 aliphatic carbocycles. The van der Waals surface area contributed by atoms with Crippen LogP contribution in [-0.4, -0.2) is 33.4 Å². The Morgan fingerprint density at radius 2 is 2.07 bits per heavy atom. The van der Waals surface area contributed by atoms with E-state index in [0.717, 1.165) is 42.6 Å². The van der Waals surface area contributed by atoms with Crippen LogP contribution in [0.15, 0.2) is 34.7 Å². The van der Waals surface area contributed by atoms with Crippen LogP contribution in [0.3, 0.4) is 0 Å². The van der Waals surface area contributed by atoms with Crippen molar-refractivity contribution in [2.45, 2.75) is 32.7 Å². The summed E-state index contributed by atoms with van der Waals surface area (Å²) < 4.78 is 1.55. The average Bonchev–Trinajstić information content (AvgIpc) is 3.33. The maximum atomic E-state index is 13.0. The third-order valence-electron chi connectivity index (χ3n) is 5.05. The number of aromatic nitrogens is 2. The van der Waals surface area contributed by atoms with Gasteiger partial charge >= 0.3 is 0 Å². The highest BCUT2D eigenvalue weighted by Gasteiger charge is 2.19. The van der Waals surface area contributed by atoms with Gasteiger partial charge in [0.15, 0.2) is 0 Å². The van der Waals surface area contributed by atoms with Crippen molar-refractivity contribution in [1.29, 1.82) is 0 Å². The van der Waals surface area contributed by atoms with Gasteiger partial charge in [0, 0.05) is 42.0 Å². The first-order chi connectivity index (χ1) is 13.0. The number of halogens is 1. The molecule has 1 fully saturated rings. The zero-order valence-electron chi connectivity index (χ0n) is 15.1. The van der Waals surface area contributed by atoms with Gasteiger partial charge in [0.25, 0.3) is 5.56 Å². The quantitative estimate of drug-likeness (QED) is 0.661. The summed E-state index contributed by atoms with van der Waals surface area (Å²) in [5, 5.41) is 3.27. The molecule has 0 N–H and O–H groups in total. The number of thiophene rings is 1. The molecule has 0 unspecified atom stereocenters. The lowest BCUT2D eigenvalue weighted by Crippen LogP contribution is -2.30. The molecule has 0 saturated carbocycles. The highest BCUT2D eigenvalue weighted by Crippen LogP contribution is 2.32. The summed E-state index contributed by atoms with van der Waals surface area (Å²) in [6.45, 7) is 3.96. The van der Waals surface area contributed by atoms with Gasteiger partial charge in [0.1, 0.15) is 4.83 Å². The molecule has 27 heavy (non-hydrogen) atoms. The number of carbonyl (C=O) groups excluding carboxylic acids is 1. The number of benzene rings is 1. The average molecular weight is 402 g/mol. The summed E-state index contributed by atoms with van der Waals surface area (Å²) in [6, 6.07) is 5.75. The van der Waals surface area contributed by atoms with Gasteiger partial charge in [-0.2, -0.15) is 0 Å². The summed E-state index contributed by atoms with van der Waals surface area (Å²) in [7, 11) is 0. The second kappa shape index (κ2) is 7.44. The number of hydrogen-bond donors (Lipinski definition) is 0. The summed E-state index contributed by atoms with van der Waals surface area (Å²) in [5.74, 6) is 0.110. The largest absolute Gasteiger partial charge is 0.343 e. The number of likely N-dealkylation sites (tertiary alicyclic amines) is 1. The van der Waals surface area contributed by atoms with E-state index in [9.17, 15) is 9.59 Å². The number of nitrogens with zero attached hydrogens (tertiary/aromatic N) is 3. The first kappa shape index (κ1) is 18.2. The molecule has 1 aliphatic rings. The number of aryl methyl sites for hydroxylation is 2. The molecule has 5 nitrogen and oxygen atoms in total. The van der Waals surface area contributed by atoms with Crippen molar-refractivity contribution in [3.05, 3.63) is 50.8 Å². The number of rotatable bonds is 4. The molecule has 4 rings (SSSR count). The van der Waals surface area contributed by atoms with Gasteiger partial charge in [-0.1, -0.05) is 17.7 Å².